The fourth-order valence-corrected chi connectivity index (χ4v) is 1.49. The quantitative estimate of drug-likeness (QED) is 0.913. The molecule has 0 aromatic heterocycles. The van der Waals surface area contributed by atoms with Crippen LogP contribution in [0.1, 0.15) is 35.7 Å². The van der Waals surface area contributed by atoms with Gasteiger partial charge >= 0.3 is 6.18 Å². The zero-order valence-corrected chi connectivity index (χ0v) is 10.3. The number of nitrogens with zero attached hydrogens (tertiary/aromatic N) is 1. The van der Waals surface area contributed by atoms with Gasteiger partial charge in [-0.05, 0) is 30.7 Å². The van der Waals surface area contributed by atoms with Gasteiger partial charge in [-0.3, -0.25) is 4.79 Å². The first kappa shape index (κ1) is 15.0. The fraction of sp³-hybridized carbons (Fsp3) is 0.385. The van der Waals surface area contributed by atoms with Gasteiger partial charge in [-0.15, -0.1) is 0 Å². The highest BCUT2D eigenvalue weighted by atomic mass is 19.4. The van der Waals surface area contributed by atoms with E-state index in [2.05, 4.69) is 5.32 Å². The summed E-state index contributed by atoms with van der Waals surface area (Å²) in [7, 11) is 0. The summed E-state index contributed by atoms with van der Waals surface area (Å²) in [6.45, 7) is 1.81. The Labute approximate surface area is 109 Å². The van der Waals surface area contributed by atoms with Crippen molar-refractivity contribution in [2.24, 2.45) is 0 Å². The van der Waals surface area contributed by atoms with E-state index in [4.69, 9.17) is 5.26 Å². The second kappa shape index (κ2) is 6.23. The molecule has 0 saturated heterocycles. The normalized spacial score (nSPS) is 12.6. The van der Waals surface area contributed by atoms with E-state index >= 15 is 0 Å². The van der Waals surface area contributed by atoms with Crippen LogP contribution < -0.4 is 5.32 Å². The maximum absolute atomic E-state index is 12.3. The molecule has 19 heavy (non-hydrogen) atoms. The van der Waals surface area contributed by atoms with Crippen LogP contribution in [-0.4, -0.2) is 11.9 Å². The third-order valence-corrected chi connectivity index (χ3v) is 2.64. The number of rotatable bonds is 4. The van der Waals surface area contributed by atoms with Gasteiger partial charge in [0.05, 0.1) is 18.1 Å². The number of alkyl halides is 3. The molecule has 0 saturated carbocycles. The highest BCUT2D eigenvalue weighted by Gasteiger charge is 2.30. The van der Waals surface area contributed by atoms with Crippen LogP contribution in [0.25, 0.3) is 0 Å². The average molecular weight is 270 g/mol. The Balaban J connectivity index is 2.76. The Morgan fingerprint density at radius 1 is 1.37 bits per heavy atom. The molecule has 1 N–H and O–H groups in total. The zero-order chi connectivity index (χ0) is 14.5. The number of nitriles is 1. The first-order valence-corrected chi connectivity index (χ1v) is 5.73. The molecule has 0 aliphatic heterocycles. The van der Waals surface area contributed by atoms with Gasteiger partial charge in [0.1, 0.15) is 0 Å². The Morgan fingerprint density at radius 3 is 2.37 bits per heavy atom. The monoisotopic (exact) mass is 270 g/mol. The van der Waals surface area contributed by atoms with Gasteiger partial charge in [0.15, 0.2) is 0 Å². The van der Waals surface area contributed by atoms with Gasteiger partial charge < -0.3 is 5.32 Å². The molecule has 0 bridgehead atoms. The second-order valence-electron chi connectivity index (χ2n) is 4.02. The molecule has 1 aromatic carbocycles. The molecule has 0 radical (unpaired) electrons. The smallest absolute Gasteiger partial charge is 0.348 e. The van der Waals surface area contributed by atoms with E-state index in [1.165, 1.54) is 0 Å². The van der Waals surface area contributed by atoms with Crippen LogP contribution in [0.2, 0.25) is 0 Å². The van der Waals surface area contributed by atoms with Crippen LogP contribution in [-0.2, 0) is 6.18 Å². The summed E-state index contributed by atoms with van der Waals surface area (Å²) < 4.78 is 37.0. The van der Waals surface area contributed by atoms with E-state index in [1.54, 1.807) is 0 Å². The molecule has 1 atom stereocenters. The summed E-state index contributed by atoms with van der Waals surface area (Å²) in [5.41, 5.74) is -0.655. The molecule has 0 fully saturated rings. The van der Waals surface area contributed by atoms with Crippen LogP contribution in [0.15, 0.2) is 24.3 Å². The van der Waals surface area contributed by atoms with Gasteiger partial charge in [0.25, 0.3) is 5.91 Å². The SMILES string of the molecule is CC[C@@H](CC#N)NC(=O)c1ccc(C(F)(F)F)cc1. The molecule has 0 aliphatic rings. The molecule has 102 valence electrons. The number of nitrogens with one attached hydrogen (secondary N) is 1. The van der Waals surface area contributed by atoms with E-state index < -0.39 is 17.6 Å². The summed E-state index contributed by atoms with van der Waals surface area (Å²) >= 11 is 0. The standard InChI is InChI=1S/C13H13F3N2O/c1-2-11(7-8-17)18-12(19)9-3-5-10(6-4-9)13(14,15)16/h3-6,11H,2,7H2,1H3,(H,18,19)/t11-/m0/s1. The molecule has 0 unspecified atom stereocenters. The summed E-state index contributed by atoms with van der Waals surface area (Å²) in [4.78, 5) is 11.7. The third kappa shape index (κ3) is 4.28. The molecule has 1 aromatic rings. The zero-order valence-electron chi connectivity index (χ0n) is 10.3. The number of amides is 1. The van der Waals surface area contributed by atoms with Gasteiger partial charge in [-0.1, -0.05) is 6.92 Å². The van der Waals surface area contributed by atoms with Gasteiger partial charge in [-0.25, -0.2) is 0 Å². The maximum atomic E-state index is 12.3. The molecule has 3 nitrogen and oxygen atoms in total. The first-order chi connectivity index (χ1) is 8.88. The van der Waals surface area contributed by atoms with Crippen LogP contribution in [0.4, 0.5) is 13.2 Å². The number of benzene rings is 1. The fourth-order valence-electron chi connectivity index (χ4n) is 1.49. The van der Waals surface area contributed by atoms with Crippen LogP contribution in [0.5, 0.6) is 0 Å². The Hall–Kier alpha value is -2.03. The number of carbonyl (C=O) groups excluding carboxylic acids is 1. The lowest BCUT2D eigenvalue weighted by atomic mass is 10.1. The Kier molecular flexibility index (Phi) is 4.93. The lowest BCUT2D eigenvalue weighted by Crippen LogP contribution is -2.34. The minimum absolute atomic E-state index is 0.143. The lowest BCUT2D eigenvalue weighted by molar-refractivity contribution is -0.137. The Bertz CT molecular complexity index is 474. The van der Waals surface area contributed by atoms with E-state index in [0.717, 1.165) is 24.3 Å². The molecular formula is C13H13F3N2O. The second-order valence-corrected chi connectivity index (χ2v) is 4.02. The van der Waals surface area contributed by atoms with E-state index in [1.807, 2.05) is 13.0 Å². The minimum atomic E-state index is -4.41. The van der Waals surface area contributed by atoms with Crippen molar-refractivity contribution in [3.05, 3.63) is 35.4 Å². The van der Waals surface area contributed by atoms with Crippen molar-refractivity contribution in [2.75, 3.05) is 0 Å². The van der Waals surface area contributed by atoms with Crippen molar-refractivity contribution >= 4 is 5.91 Å². The topological polar surface area (TPSA) is 52.9 Å². The van der Waals surface area contributed by atoms with Crippen molar-refractivity contribution in [1.82, 2.24) is 5.32 Å². The molecule has 0 heterocycles. The number of carbonyl (C=O) groups is 1. The van der Waals surface area contributed by atoms with Crippen molar-refractivity contribution in [2.45, 2.75) is 32.0 Å². The Morgan fingerprint density at radius 2 is 1.95 bits per heavy atom. The highest BCUT2D eigenvalue weighted by Crippen LogP contribution is 2.29. The van der Waals surface area contributed by atoms with Crippen LogP contribution in [0.3, 0.4) is 0 Å². The molecular weight excluding hydrogens is 257 g/mol. The lowest BCUT2D eigenvalue weighted by Gasteiger charge is -2.14. The molecule has 1 rings (SSSR count). The highest BCUT2D eigenvalue weighted by molar-refractivity contribution is 5.94. The minimum Gasteiger partial charge on any atom is -0.348 e. The average Bonchev–Trinajstić information content (AvgIpc) is 2.37. The van der Waals surface area contributed by atoms with Crippen molar-refractivity contribution in [3.63, 3.8) is 0 Å². The molecule has 1 amide bonds. The first-order valence-electron chi connectivity index (χ1n) is 5.73. The summed E-state index contributed by atoms with van der Waals surface area (Å²) in [6, 6.07) is 5.62. The van der Waals surface area contributed by atoms with Crippen molar-refractivity contribution < 1.29 is 18.0 Å². The van der Waals surface area contributed by atoms with E-state index in [-0.39, 0.29) is 18.0 Å². The predicted molar refractivity (Wildman–Crippen MR) is 63.2 cm³/mol. The largest absolute Gasteiger partial charge is 0.416 e. The third-order valence-electron chi connectivity index (χ3n) is 2.64. The van der Waals surface area contributed by atoms with Gasteiger partial charge in [0.2, 0.25) is 0 Å². The van der Waals surface area contributed by atoms with Crippen molar-refractivity contribution in [1.29, 1.82) is 5.26 Å². The molecule has 0 aliphatic carbocycles. The molecule has 0 spiro atoms. The number of hydrogen-bond donors (Lipinski definition) is 1. The van der Waals surface area contributed by atoms with E-state index in [0.29, 0.717) is 6.42 Å². The van der Waals surface area contributed by atoms with Gasteiger partial charge in [-0.2, -0.15) is 18.4 Å². The number of hydrogen-bond acceptors (Lipinski definition) is 2. The van der Waals surface area contributed by atoms with Gasteiger partial charge in [0, 0.05) is 11.6 Å². The summed E-state index contributed by atoms with van der Waals surface area (Å²) in [5, 5.41) is 11.2. The summed E-state index contributed by atoms with van der Waals surface area (Å²) in [6.07, 6.45) is -3.66. The maximum Gasteiger partial charge on any atom is 0.416 e. The molecule has 6 heteroatoms. The van der Waals surface area contributed by atoms with Crippen molar-refractivity contribution in [3.8, 4) is 6.07 Å². The van der Waals surface area contributed by atoms with Crippen LogP contribution in [0, 0.1) is 11.3 Å². The van der Waals surface area contributed by atoms with Crippen LogP contribution >= 0.6 is 0 Å². The summed E-state index contributed by atoms with van der Waals surface area (Å²) in [5.74, 6) is -0.476. The number of halogens is 3. The van der Waals surface area contributed by atoms with E-state index in [9.17, 15) is 18.0 Å². The predicted octanol–water partition coefficient (Wildman–Crippen LogP) is 3.13.